The van der Waals surface area contributed by atoms with E-state index in [2.05, 4.69) is 12.2 Å². The van der Waals surface area contributed by atoms with Crippen LogP contribution >= 0.6 is 12.4 Å². The molecule has 4 heteroatoms. The molecule has 1 amide bonds. The molecule has 3 nitrogen and oxygen atoms in total. The van der Waals surface area contributed by atoms with Gasteiger partial charge in [-0.25, -0.2) is 0 Å². The Morgan fingerprint density at radius 1 is 1.28 bits per heavy atom. The Morgan fingerprint density at radius 2 is 1.89 bits per heavy atom. The van der Waals surface area contributed by atoms with E-state index in [1.807, 2.05) is 0 Å². The Labute approximate surface area is 117 Å². The van der Waals surface area contributed by atoms with E-state index in [9.17, 15) is 4.79 Å². The molecule has 2 rings (SSSR count). The number of rotatable bonds is 4. The highest BCUT2D eigenvalue weighted by molar-refractivity contribution is 5.85. The average Bonchev–Trinajstić information content (AvgIpc) is 2.28. The minimum Gasteiger partial charge on any atom is -0.353 e. The van der Waals surface area contributed by atoms with Crippen LogP contribution in [0, 0.1) is 11.3 Å². The molecule has 0 saturated heterocycles. The van der Waals surface area contributed by atoms with Crippen LogP contribution in [0.1, 0.15) is 58.3 Å². The molecule has 0 spiro atoms. The summed E-state index contributed by atoms with van der Waals surface area (Å²) in [6.07, 6.45) is 9.02. The molecule has 0 aromatic rings. The van der Waals surface area contributed by atoms with E-state index < -0.39 is 0 Å². The number of amides is 1. The lowest BCUT2D eigenvalue weighted by Crippen LogP contribution is -2.46. The molecular formula is C14H27ClN2O. The molecule has 0 aliphatic heterocycles. The van der Waals surface area contributed by atoms with Crippen molar-refractivity contribution in [3.63, 3.8) is 0 Å². The lowest BCUT2D eigenvalue weighted by molar-refractivity contribution is -0.125. The molecule has 3 N–H and O–H groups in total. The van der Waals surface area contributed by atoms with Crippen LogP contribution in [-0.4, -0.2) is 18.5 Å². The van der Waals surface area contributed by atoms with Crippen LogP contribution in [0.5, 0.6) is 0 Å². The second-order valence-corrected chi connectivity index (χ2v) is 6.28. The Kier molecular flexibility index (Phi) is 5.93. The van der Waals surface area contributed by atoms with Crippen molar-refractivity contribution in [1.82, 2.24) is 5.32 Å². The van der Waals surface area contributed by atoms with Gasteiger partial charge in [0.05, 0.1) is 0 Å². The predicted molar refractivity (Wildman–Crippen MR) is 76.8 cm³/mol. The van der Waals surface area contributed by atoms with Crippen molar-refractivity contribution in [2.75, 3.05) is 6.54 Å². The summed E-state index contributed by atoms with van der Waals surface area (Å²) in [7, 11) is 0. The molecule has 0 unspecified atom stereocenters. The average molecular weight is 275 g/mol. The topological polar surface area (TPSA) is 55.1 Å². The molecule has 2 saturated carbocycles. The zero-order valence-electron chi connectivity index (χ0n) is 11.4. The fraction of sp³-hybridized carbons (Fsp3) is 0.929. The van der Waals surface area contributed by atoms with Crippen molar-refractivity contribution < 1.29 is 4.79 Å². The molecule has 0 heterocycles. The summed E-state index contributed by atoms with van der Waals surface area (Å²) in [4.78, 5) is 12.0. The molecular weight excluding hydrogens is 248 g/mol. The summed E-state index contributed by atoms with van der Waals surface area (Å²) in [5.74, 6) is 1.02. The van der Waals surface area contributed by atoms with Gasteiger partial charge in [-0.1, -0.05) is 26.2 Å². The quantitative estimate of drug-likeness (QED) is 0.828. The van der Waals surface area contributed by atoms with Crippen molar-refractivity contribution in [1.29, 1.82) is 0 Å². The summed E-state index contributed by atoms with van der Waals surface area (Å²) < 4.78 is 0. The zero-order valence-corrected chi connectivity index (χ0v) is 12.2. The highest BCUT2D eigenvalue weighted by Gasteiger charge is 2.34. The Hall–Kier alpha value is -0.280. The normalized spacial score (nSPS) is 29.9. The maximum Gasteiger partial charge on any atom is 0.220 e. The van der Waals surface area contributed by atoms with E-state index in [4.69, 9.17) is 5.73 Å². The second kappa shape index (κ2) is 6.76. The summed E-state index contributed by atoms with van der Waals surface area (Å²) in [5, 5.41) is 3.16. The Bertz CT molecular complexity index is 271. The van der Waals surface area contributed by atoms with Gasteiger partial charge >= 0.3 is 0 Å². The largest absolute Gasteiger partial charge is 0.353 e. The standard InChI is InChI=1S/C14H26N2O.ClH/c1-11-7-12(8-11)16-13(17)9-14(10-15)5-3-2-4-6-14;/h11-12H,2-10,15H2,1H3,(H,16,17);1H. The van der Waals surface area contributed by atoms with Gasteiger partial charge in [-0.2, -0.15) is 0 Å². The fourth-order valence-electron chi connectivity index (χ4n) is 3.39. The van der Waals surface area contributed by atoms with Crippen molar-refractivity contribution in [2.24, 2.45) is 17.1 Å². The number of halogens is 1. The maximum atomic E-state index is 12.0. The molecule has 2 fully saturated rings. The summed E-state index contributed by atoms with van der Waals surface area (Å²) in [6.45, 7) is 2.91. The van der Waals surface area contributed by atoms with Crippen LogP contribution in [0.2, 0.25) is 0 Å². The third-order valence-electron chi connectivity index (χ3n) is 4.62. The minimum absolute atomic E-state index is 0. The van der Waals surface area contributed by atoms with E-state index in [-0.39, 0.29) is 23.7 Å². The number of carbonyl (C=O) groups is 1. The SMILES string of the molecule is CC1CC(NC(=O)CC2(CN)CCCCC2)C1.Cl. The second-order valence-electron chi connectivity index (χ2n) is 6.28. The fourth-order valence-corrected chi connectivity index (χ4v) is 3.39. The molecule has 0 radical (unpaired) electrons. The first-order valence-electron chi connectivity index (χ1n) is 7.13. The van der Waals surface area contributed by atoms with E-state index in [1.54, 1.807) is 0 Å². The Morgan fingerprint density at radius 3 is 2.39 bits per heavy atom. The lowest BCUT2D eigenvalue weighted by atomic mass is 9.71. The third kappa shape index (κ3) is 3.86. The summed E-state index contributed by atoms with van der Waals surface area (Å²) in [6, 6.07) is 0.441. The molecule has 2 aliphatic rings. The third-order valence-corrected chi connectivity index (χ3v) is 4.62. The number of nitrogens with one attached hydrogen (secondary N) is 1. The number of nitrogens with two attached hydrogens (primary N) is 1. The van der Waals surface area contributed by atoms with Crippen LogP contribution in [0.15, 0.2) is 0 Å². The highest BCUT2D eigenvalue weighted by atomic mass is 35.5. The monoisotopic (exact) mass is 274 g/mol. The van der Waals surface area contributed by atoms with Crippen LogP contribution < -0.4 is 11.1 Å². The Balaban J connectivity index is 0.00000162. The first-order chi connectivity index (χ1) is 8.13. The van der Waals surface area contributed by atoms with Crippen molar-refractivity contribution in [3.8, 4) is 0 Å². The molecule has 0 aromatic heterocycles. The van der Waals surface area contributed by atoms with Gasteiger partial charge in [0.15, 0.2) is 0 Å². The van der Waals surface area contributed by atoms with Crippen molar-refractivity contribution in [2.45, 2.75) is 64.3 Å². The van der Waals surface area contributed by atoms with Crippen molar-refractivity contribution in [3.05, 3.63) is 0 Å². The van der Waals surface area contributed by atoms with E-state index in [1.165, 1.54) is 19.3 Å². The first-order valence-corrected chi connectivity index (χ1v) is 7.13. The van der Waals surface area contributed by atoms with E-state index >= 15 is 0 Å². The zero-order chi connectivity index (χ0) is 12.3. The lowest BCUT2D eigenvalue weighted by Gasteiger charge is -2.38. The van der Waals surface area contributed by atoms with Gasteiger partial charge in [0.1, 0.15) is 0 Å². The first kappa shape index (κ1) is 15.8. The highest BCUT2D eigenvalue weighted by Crippen LogP contribution is 2.38. The molecule has 2 aliphatic carbocycles. The number of hydrogen-bond donors (Lipinski definition) is 2. The van der Waals surface area contributed by atoms with Gasteiger partial charge in [-0.05, 0) is 43.6 Å². The molecule has 106 valence electrons. The number of hydrogen-bond acceptors (Lipinski definition) is 2. The summed E-state index contributed by atoms with van der Waals surface area (Å²) >= 11 is 0. The van der Waals surface area contributed by atoms with Gasteiger partial charge in [0.25, 0.3) is 0 Å². The molecule has 0 bridgehead atoms. The van der Waals surface area contributed by atoms with Gasteiger partial charge in [-0.3, -0.25) is 4.79 Å². The summed E-state index contributed by atoms with van der Waals surface area (Å²) in [5.41, 5.74) is 6.01. The van der Waals surface area contributed by atoms with E-state index in [0.717, 1.165) is 31.6 Å². The van der Waals surface area contributed by atoms with Gasteiger partial charge in [0.2, 0.25) is 5.91 Å². The van der Waals surface area contributed by atoms with E-state index in [0.29, 0.717) is 19.0 Å². The van der Waals surface area contributed by atoms with Gasteiger partial charge in [-0.15, -0.1) is 12.4 Å². The van der Waals surface area contributed by atoms with Crippen LogP contribution in [-0.2, 0) is 4.79 Å². The van der Waals surface area contributed by atoms with Crippen molar-refractivity contribution >= 4 is 18.3 Å². The molecule has 0 atom stereocenters. The van der Waals surface area contributed by atoms with Crippen LogP contribution in [0.4, 0.5) is 0 Å². The predicted octanol–water partition coefficient (Wildman–Crippen LogP) is 2.62. The van der Waals surface area contributed by atoms with Gasteiger partial charge in [0, 0.05) is 12.5 Å². The maximum absolute atomic E-state index is 12.0. The number of carbonyl (C=O) groups excluding carboxylic acids is 1. The molecule has 0 aromatic carbocycles. The van der Waals surface area contributed by atoms with Crippen LogP contribution in [0.3, 0.4) is 0 Å². The minimum atomic E-state index is 0. The van der Waals surface area contributed by atoms with Crippen LogP contribution in [0.25, 0.3) is 0 Å². The molecule has 18 heavy (non-hydrogen) atoms. The van der Waals surface area contributed by atoms with Gasteiger partial charge < -0.3 is 11.1 Å². The smallest absolute Gasteiger partial charge is 0.220 e.